The molecule has 0 fully saturated rings. The van der Waals surface area contributed by atoms with Gasteiger partial charge < -0.3 is 0 Å². The van der Waals surface area contributed by atoms with Crippen LogP contribution in [0.15, 0.2) is 122 Å². The van der Waals surface area contributed by atoms with Crippen LogP contribution in [0.4, 0.5) is 0 Å². The van der Waals surface area contributed by atoms with Gasteiger partial charge in [0.25, 0.3) is 0 Å². The van der Waals surface area contributed by atoms with Gasteiger partial charge in [-0.2, -0.15) is 0 Å². The monoisotopic (exact) mass is 392 g/mol. The SMILES string of the molecule is C=Cc1ccc([PH](c2ccccc2)(c2ccccc2)c2ccc(C=C)cc2)cc1. The molecule has 0 spiro atoms. The molecule has 142 valence electrons. The summed E-state index contributed by atoms with van der Waals surface area (Å²) in [6, 6.07) is 39.7. The molecule has 0 unspecified atom stereocenters. The van der Waals surface area contributed by atoms with Crippen LogP contribution in [0, 0.1) is 0 Å². The topological polar surface area (TPSA) is 0 Å². The Morgan fingerprint density at radius 2 is 0.724 bits per heavy atom. The Labute approximate surface area is 174 Å². The van der Waals surface area contributed by atoms with E-state index in [1.807, 2.05) is 12.2 Å². The molecule has 0 N–H and O–H groups in total. The second kappa shape index (κ2) is 8.43. The third-order valence-electron chi connectivity index (χ3n) is 5.57. The molecule has 0 aromatic heterocycles. The predicted molar refractivity (Wildman–Crippen MR) is 133 cm³/mol. The first-order chi connectivity index (χ1) is 14.3. The quantitative estimate of drug-likeness (QED) is 0.389. The molecule has 1 heteroatoms. The van der Waals surface area contributed by atoms with E-state index in [1.165, 1.54) is 21.2 Å². The second-order valence-electron chi connectivity index (χ2n) is 7.13. The van der Waals surface area contributed by atoms with Crippen LogP contribution in [0.25, 0.3) is 12.2 Å². The second-order valence-corrected chi connectivity index (χ2v) is 10.9. The molecular formula is C28H25P. The molecule has 0 aliphatic carbocycles. The van der Waals surface area contributed by atoms with Crippen LogP contribution in [0.1, 0.15) is 11.1 Å². The van der Waals surface area contributed by atoms with Gasteiger partial charge in [0.1, 0.15) is 0 Å². The Balaban J connectivity index is 2.09. The molecule has 0 heterocycles. The molecule has 29 heavy (non-hydrogen) atoms. The molecule has 4 aromatic carbocycles. The molecule has 0 radical (unpaired) electrons. The van der Waals surface area contributed by atoms with Gasteiger partial charge in [-0.3, -0.25) is 0 Å². The molecule has 0 nitrogen and oxygen atoms in total. The van der Waals surface area contributed by atoms with Crippen molar-refractivity contribution in [1.29, 1.82) is 0 Å². The zero-order valence-electron chi connectivity index (χ0n) is 16.5. The summed E-state index contributed by atoms with van der Waals surface area (Å²) in [6.45, 7) is 7.84. The van der Waals surface area contributed by atoms with Crippen LogP contribution < -0.4 is 21.2 Å². The number of hydrogen-bond donors (Lipinski definition) is 0. The summed E-state index contributed by atoms with van der Waals surface area (Å²) in [7, 11) is -2.44. The van der Waals surface area contributed by atoms with Gasteiger partial charge in [0, 0.05) is 0 Å². The minimum atomic E-state index is -2.44. The van der Waals surface area contributed by atoms with E-state index in [9.17, 15) is 0 Å². The molecule has 0 aliphatic rings. The Morgan fingerprint density at radius 1 is 0.414 bits per heavy atom. The molecule has 0 saturated heterocycles. The van der Waals surface area contributed by atoms with E-state index in [-0.39, 0.29) is 0 Å². The van der Waals surface area contributed by atoms with Crippen molar-refractivity contribution in [2.75, 3.05) is 0 Å². The molecule has 0 amide bonds. The number of rotatable bonds is 6. The normalized spacial score (nSPS) is 11.6. The van der Waals surface area contributed by atoms with Crippen molar-refractivity contribution in [3.63, 3.8) is 0 Å². The Morgan fingerprint density at radius 3 is 1.03 bits per heavy atom. The molecule has 4 aromatic rings. The molecular weight excluding hydrogens is 367 g/mol. The van der Waals surface area contributed by atoms with Gasteiger partial charge in [0.15, 0.2) is 0 Å². The van der Waals surface area contributed by atoms with Crippen LogP contribution in [0.3, 0.4) is 0 Å². The van der Waals surface area contributed by atoms with E-state index >= 15 is 0 Å². The van der Waals surface area contributed by atoms with Gasteiger partial charge in [-0.25, -0.2) is 0 Å². The summed E-state index contributed by atoms with van der Waals surface area (Å²) in [6.07, 6.45) is 3.80. The van der Waals surface area contributed by atoms with E-state index in [0.717, 1.165) is 11.1 Å². The third kappa shape index (κ3) is 3.48. The summed E-state index contributed by atoms with van der Waals surface area (Å²) < 4.78 is 0. The first kappa shape index (κ1) is 19.1. The zero-order chi connectivity index (χ0) is 20.1. The Bertz CT molecular complexity index is 1000. The minimum absolute atomic E-state index is 1.14. The standard InChI is InChI=1S/C28H25P/c1-3-23-15-19-27(20-16-23)29(25-11-7-5-8-12-25,26-13-9-6-10-14-26)28-21-17-24(4-2)18-22-28/h3-22,29H,1-2H2. The van der Waals surface area contributed by atoms with Crippen LogP contribution in [-0.2, 0) is 0 Å². The fourth-order valence-electron chi connectivity index (χ4n) is 4.11. The summed E-state index contributed by atoms with van der Waals surface area (Å²) in [4.78, 5) is 0. The van der Waals surface area contributed by atoms with Gasteiger partial charge in [0.05, 0.1) is 0 Å². The fraction of sp³-hybridized carbons (Fsp3) is 0. The van der Waals surface area contributed by atoms with Gasteiger partial charge in [-0.1, -0.05) is 0 Å². The summed E-state index contributed by atoms with van der Waals surface area (Å²) >= 11 is 0. The van der Waals surface area contributed by atoms with Gasteiger partial charge in [-0.15, -0.1) is 0 Å². The maximum absolute atomic E-state index is 3.92. The van der Waals surface area contributed by atoms with Crippen LogP contribution in [0.5, 0.6) is 0 Å². The average molecular weight is 392 g/mol. The summed E-state index contributed by atoms with van der Waals surface area (Å²) in [5.41, 5.74) is 2.28. The van der Waals surface area contributed by atoms with E-state index in [4.69, 9.17) is 0 Å². The summed E-state index contributed by atoms with van der Waals surface area (Å²) in [5, 5.41) is 5.49. The van der Waals surface area contributed by atoms with Gasteiger partial charge >= 0.3 is 174 Å². The zero-order valence-corrected chi connectivity index (χ0v) is 17.5. The maximum atomic E-state index is 3.92. The number of benzene rings is 4. The predicted octanol–water partition coefficient (Wildman–Crippen LogP) is 5.32. The average Bonchev–Trinajstić information content (AvgIpc) is 2.82. The van der Waals surface area contributed by atoms with Crippen molar-refractivity contribution >= 4 is 40.6 Å². The first-order valence-electron chi connectivity index (χ1n) is 9.86. The van der Waals surface area contributed by atoms with E-state index < -0.39 is 7.26 Å². The first-order valence-corrected chi connectivity index (χ1v) is 11.9. The van der Waals surface area contributed by atoms with Crippen molar-refractivity contribution in [2.45, 2.75) is 0 Å². The van der Waals surface area contributed by atoms with Crippen LogP contribution in [0.2, 0.25) is 0 Å². The van der Waals surface area contributed by atoms with Crippen LogP contribution in [-0.4, -0.2) is 0 Å². The Kier molecular flexibility index (Phi) is 5.56. The third-order valence-corrected chi connectivity index (χ3v) is 10.4. The molecule has 0 saturated carbocycles. The van der Waals surface area contributed by atoms with Gasteiger partial charge in [0.2, 0.25) is 0 Å². The van der Waals surface area contributed by atoms with Crippen molar-refractivity contribution in [1.82, 2.24) is 0 Å². The van der Waals surface area contributed by atoms with E-state index in [0.29, 0.717) is 0 Å². The van der Waals surface area contributed by atoms with Crippen molar-refractivity contribution < 1.29 is 0 Å². The molecule has 0 aliphatic heterocycles. The van der Waals surface area contributed by atoms with Crippen LogP contribution >= 0.6 is 7.26 Å². The van der Waals surface area contributed by atoms with Gasteiger partial charge in [-0.05, 0) is 0 Å². The van der Waals surface area contributed by atoms with Crippen molar-refractivity contribution in [2.24, 2.45) is 0 Å². The Hall–Kier alpha value is -3.21. The fourth-order valence-corrected chi connectivity index (χ4v) is 8.83. The van der Waals surface area contributed by atoms with E-state index in [2.05, 4.69) is 122 Å². The molecule has 4 rings (SSSR count). The van der Waals surface area contributed by atoms with Crippen molar-refractivity contribution in [3.8, 4) is 0 Å². The molecule has 0 atom stereocenters. The van der Waals surface area contributed by atoms with Crippen molar-refractivity contribution in [3.05, 3.63) is 133 Å². The van der Waals surface area contributed by atoms with E-state index in [1.54, 1.807) is 0 Å². The molecule has 0 bridgehead atoms. The summed E-state index contributed by atoms with van der Waals surface area (Å²) in [5.74, 6) is 0. The number of hydrogen-bond acceptors (Lipinski definition) is 0.